The smallest absolute Gasteiger partial charge is 0.365 e. The van der Waals surface area contributed by atoms with Gasteiger partial charge in [0.15, 0.2) is 0 Å². The van der Waals surface area contributed by atoms with Crippen molar-refractivity contribution in [1.29, 1.82) is 0 Å². The zero-order valence-corrected chi connectivity index (χ0v) is 12.2. The molecule has 9 heteroatoms. The number of alkyl halides is 3. The molecule has 1 aliphatic rings. The molecule has 0 amide bonds. The lowest BCUT2D eigenvalue weighted by atomic mass is 9.79. The van der Waals surface area contributed by atoms with Crippen LogP contribution >= 0.6 is 0 Å². The summed E-state index contributed by atoms with van der Waals surface area (Å²) in [5.41, 5.74) is 4.01. The van der Waals surface area contributed by atoms with Crippen LogP contribution in [0.25, 0.3) is 0 Å². The third-order valence-corrected chi connectivity index (χ3v) is 4.00. The Morgan fingerprint density at radius 2 is 2.14 bits per heavy atom. The largest absolute Gasteiger partial charge is 0.433 e. The summed E-state index contributed by atoms with van der Waals surface area (Å²) in [7, 11) is 0. The highest BCUT2D eigenvalue weighted by Gasteiger charge is 2.38. The second kappa shape index (κ2) is 5.38. The van der Waals surface area contributed by atoms with E-state index in [0.717, 1.165) is 6.07 Å². The summed E-state index contributed by atoms with van der Waals surface area (Å²) < 4.78 is 38.4. The van der Waals surface area contributed by atoms with Crippen molar-refractivity contribution in [2.45, 2.75) is 32.5 Å². The fourth-order valence-electron chi connectivity index (χ4n) is 2.57. The molecule has 1 fully saturated rings. The van der Waals surface area contributed by atoms with E-state index >= 15 is 0 Å². The molecule has 2 N–H and O–H groups in total. The van der Waals surface area contributed by atoms with Gasteiger partial charge in [-0.25, -0.2) is 4.98 Å². The lowest BCUT2D eigenvalue weighted by Gasteiger charge is -2.43. The monoisotopic (exact) mass is 318 g/mol. The Labute approximate surface area is 125 Å². The van der Waals surface area contributed by atoms with Gasteiger partial charge in [0, 0.05) is 19.1 Å². The summed E-state index contributed by atoms with van der Waals surface area (Å²) in [6, 6.07) is 0.636. The summed E-state index contributed by atoms with van der Waals surface area (Å²) in [4.78, 5) is 15.1. The molecule has 0 radical (unpaired) electrons. The fourth-order valence-corrected chi connectivity index (χ4v) is 2.57. The number of nitro groups is 1. The van der Waals surface area contributed by atoms with Crippen molar-refractivity contribution in [1.82, 2.24) is 4.98 Å². The molecule has 0 spiro atoms. The summed E-state index contributed by atoms with van der Waals surface area (Å²) in [6.07, 6.45) is -3.43. The normalized spacial score (nSPS) is 21.7. The molecule has 1 atom stereocenters. The van der Waals surface area contributed by atoms with E-state index in [-0.39, 0.29) is 17.1 Å². The van der Waals surface area contributed by atoms with Gasteiger partial charge in [0.25, 0.3) is 0 Å². The molecule has 1 aliphatic heterocycles. The molecule has 1 aromatic heterocycles. The van der Waals surface area contributed by atoms with Crippen molar-refractivity contribution < 1.29 is 18.1 Å². The molecule has 1 unspecified atom stereocenters. The minimum Gasteiger partial charge on any atom is -0.365 e. The standard InChI is InChI=1S/C13H17F3N4O2/c1-12(2)7-19(4-3-10(12)17)8-5-11(13(14,15)16)18-6-9(8)20(21)22/h5-6,10H,3-4,7,17H2,1-2H3. The van der Waals surface area contributed by atoms with Gasteiger partial charge >= 0.3 is 11.9 Å². The Balaban J connectivity index is 2.46. The third kappa shape index (κ3) is 3.13. The SMILES string of the molecule is CC1(C)CN(c2cc(C(F)(F)F)ncc2[N+](=O)[O-])CCC1N. The summed E-state index contributed by atoms with van der Waals surface area (Å²) in [5, 5.41) is 11.1. The van der Waals surface area contributed by atoms with Crippen LogP contribution in [0.5, 0.6) is 0 Å². The van der Waals surface area contributed by atoms with E-state index in [1.165, 1.54) is 0 Å². The van der Waals surface area contributed by atoms with Crippen LogP contribution in [0, 0.1) is 15.5 Å². The second-order valence-corrected chi connectivity index (χ2v) is 6.12. The number of hydrogen-bond acceptors (Lipinski definition) is 5. The molecule has 1 aromatic rings. The predicted molar refractivity (Wildman–Crippen MR) is 74.5 cm³/mol. The van der Waals surface area contributed by atoms with Gasteiger partial charge < -0.3 is 10.6 Å². The second-order valence-electron chi connectivity index (χ2n) is 6.12. The molecule has 2 heterocycles. The molecular formula is C13H17F3N4O2. The van der Waals surface area contributed by atoms with Crippen LogP contribution in [0.4, 0.5) is 24.5 Å². The topological polar surface area (TPSA) is 85.3 Å². The number of piperidine rings is 1. The maximum absolute atomic E-state index is 12.8. The molecule has 22 heavy (non-hydrogen) atoms. The van der Waals surface area contributed by atoms with E-state index in [9.17, 15) is 23.3 Å². The molecule has 0 aromatic carbocycles. The molecule has 122 valence electrons. The highest BCUT2D eigenvalue weighted by atomic mass is 19.4. The number of halogens is 3. The molecule has 0 aliphatic carbocycles. The first-order chi connectivity index (χ1) is 10.0. The molecule has 2 rings (SSSR count). The molecular weight excluding hydrogens is 301 g/mol. The van der Waals surface area contributed by atoms with Crippen LogP contribution in [0.1, 0.15) is 26.0 Å². The minimum atomic E-state index is -4.65. The quantitative estimate of drug-likeness (QED) is 0.669. The van der Waals surface area contributed by atoms with Gasteiger partial charge in [0.1, 0.15) is 17.6 Å². The Kier molecular flexibility index (Phi) is 4.03. The average molecular weight is 318 g/mol. The lowest BCUT2D eigenvalue weighted by molar-refractivity contribution is -0.384. The van der Waals surface area contributed by atoms with E-state index in [4.69, 9.17) is 5.73 Å². The van der Waals surface area contributed by atoms with Crippen molar-refractivity contribution in [3.63, 3.8) is 0 Å². The highest BCUT2D eigenvalue weighted by molar-refractivity contribution is 5.63. The van der Waals surface area contributed by atoms with Crippen molar-refractivity contribution in [3.8, 4) is 0 Å². The summed E-state index contributed by atoms with van der Waals surface area (Å²) >= 11 is 0. The number of nitrogens with zero attached hydrogens (tertiary/aromatic N) is 3. The Bertz CT molecular complexity index is 589. The maximum atomic E-state index is 12.8. The number of hydrogen-bond donors (Lipinski definition) is 1. The van der Waals surface area contributed by atoms with Gasteiger partial charge in [0.2, 0.25) is 0 Å². The number of pyridine rings is 1. The number of anilines is 1. The predicted octanol–water partition coefficient (Wildman–Crippen LogP) is 2.57. The fraction of sp³-hybridized carbons (Fsp3) is 0.615. The Morgan fingerprint density at radius 3 is 2.64 bits per heavy atom. The van der Waals surface area contributed by atoms with Crippen molar-refractivity contribution >= 4 is 11.4 Å². The molecule has 0 bridgehead atoms. The first-order valence-electron chi connectivity index (χ1n) is 6.74. The zero-order valence-electron chi connectivity index (χ0n) is 12.2. The summed E-state index contributed by atoms with van der Waals surface area (Å²) in [5.74, 6) is 0. The van der Waals surface area contributed by atoms with Crippen LogP contribution in [0.3, 0.4) is 0 Å². The summed E-state index contributed by atoms with van der Waals surface area (Å²) in [6.45, 7) is 4.49. The number of nitrogens with two attached hydrogens (primary N) is 1. The molecule has 0 saturated carbocycles. The van der Waals surface area contributed by atoms with E-state index in [0.29, 0.717) is 25.7 Å². The Morgan fingerprint density at radius 1 is 1.50 bits per heavy atom. The first-order valence-corrected chi connectivity index (χ1v) is 6.74. The molecule has 6 nitrogen and oxygen atoms in total. The van der Waals surface area contributed by atoms with E-state index < -0.39 is 22.5 Å². The number of aromatic nitrogens is 1. The van der Waals surface area contributed by atoms with E-state index in [1.54, 1.807) is 4.90 Å². The van der Waals surface area contributed by atoms with Crippen LogP contribution in [0.2, 0.25) is 0 Å². The van der Waals surface area contributed by atoms with Gasteiger partial charge in [-0.05, 0) is 17.9 Å². The molecule has 1 saturated heterocycles. The zero-order chi connectivity index (χ0) is 16.7. The Hall–Kier alpha value is -1.90. The number of rotatable bonds is 2. The van der Waals surface area contributed by atoms with Crippen LogP contribution in [-0.4, -0.2) is 29.0 Å². The van der Waals surface area contributed by atoms with Crippen molar-refractivity contribution in [2.75, 3.05) is 18.0 Å². The van der Waals surface area contributed by atoms with Crippen LogP contribution in [0.15, 0.2) is 12.3 Å². The third-order valence-electron chi connectivity index (χ3n) is 4.00. The van der Waals surface area contributed by atoms with Gasteiger partial charge in [-0.1, -0.05) is 13.8 Å². The maximum Gasteiger partial charge on any atom is 0.433 e. The van der Waals surface area contributed by atoms with Gasteiger partial charge in [-0.15, -0.1) is 0 Å². The van der Waals surface area contributed by atoms with Crippen LogP contribution < -0.4 is 10.6 Å². The lowest BCUT2D eigenvalue weighted by Crippen LogP contribution is -2.52. The average Bonchev–Trinajstić information content (AvgIpc) is 2.40. The first kappa shape index (κ1) is 16.5. The highest BCUT2D eigenvalue weighted by Crippen LogP contribution is 2.38. The van der Waals surface area contributed by atoms with Gasteiger partial charge in [-0.2, -0.15) is 13.2 Å². The van der Waals surface area contributed by atoms with Gasteiger partial charge in [-0.3, -0.25) is 10.1 Å². The van der Waals surface area contributed by atoms with Gasteiger partial charge in [0.05, 0.1) is 4.92 Å². The van der Waals surface area contributed by atoms with Crippen molar-refractivity contribution in [3.05, 3.63) is 28.1 Å². The van der Waals surface area contributed by atoms with E-state index in [2.05, 4.69) is 4.98 Å². The van der Waals surface area contributed by atoms with Crippen molar-refractivity contribution in [2.24, 2.45) is 11.1 Å². The minimum absolute atomic E-state index is 0.0627. The van der Waals surface area contributed by atoms with Crippen LogP contribution in [-0.2, 0) is 6.18 Å². The van der Waals surface area contributed by atoms with E-state index in [1.807, 2.05) is 13.8 Å².